The summed E-state index contributed by atoms with van der Waals surface area (Å²) in [5, 5.41) is 14.7. The summed E-state index contributed by atoms with van der Waals surface area (Å²) < 4.78 is 4.82. The van der Waals surface area contributed by atoms with Crippen molar-refractivity contribution in [2.24, 2.45) is 0 Å². The molecular weight excluding hydrogens is 445 g/mol. The van der Waals surface area contributed by atoms with Gasteiger partial charge in [-0.1, -0.05) is 0 Å². The lowest BCUT2D eigenvalue weighted by molar-refractivity contribution is 1.52. The summed E-state index contributed by atoms with van der Waals surface area (Å²) in [5.41, 5.74) is 0. The highest BCUT2D eigenvalue weighted by molar-refractivity contribution is 7.24. The molecule has 2 aromatic carbocycles. The Bertz CT molecular complexity index is 1600. The Balaban J connectivity index is 1.42. The van der Waals surface area contributed by atoms with Crippen molar-refractivity contribution in [3.8, 4) is 6.07 Å². The molecular formula is C24H10N2S4. The number of nitrogens with zero attached hydrogens (tertiary/aromatic N) is 2. The van der Waals surface area contributed by atoms with E-state index in [9.17, 15) is 5.26 Å². The highest BCUT2D eigenvalue weighted by Gasteiger charge is 2.10. The summed E-state index contributed by atoms with van der Waals surface area (Å²) in [6, 6.07) is 19.2. The summed E-state index contributed by atoms with van der Waals surface area (Å²) in [6.45, 7) is 7.27. The van der Waals surface area contributed by atoms with Crippen molar-refractivity contribution in [1.82, 2.24) is 0 Å². The van der Waals surface area contributed by atoms with Gasteiger partial charge in [-0.05, 0) is 66.1 Å². The molecule has 0 spiro atoms. The van der Waals surface area contributed by atoms with E-state index >= 15 is 0 Å². The van der Waals surface area contributed by atoms with E-state index in [0.717, 1.165) is 14.6 Å². The van der Waals surface area contributed by atoms with Gasteiger partial charge in [0, 0.05) is 44.7 Å². The van der Waals surface area contributed by atoms with Gasteiger partial charge in [-0.15, -0.1) is 34.0 Å². The number of thiophene rings is 4. The molecule has 0 N–H and O–H groups in total. The first-order valence-corrected chi connectivity index (χ1v) is 12.4. The molecule has 0 aliphatic carbocycles. The van der Waals surface area contributed by atoms with Gasteiger partial charge in [-0.3, -0.25) is 0 Å². The number of nitriles is 1. The van der Waals surface area contributed by atoms with Crippen LogP contribution in [0, 0.1) is 17.9 Å². The Morgan fingerprint density at radius 1 is 0.700 bits per heavy atom. The molecule has 140 valence electrons. The Labute approximate surface area is 188 Å². The van der Waals surface area contributed by atoms with Crippen LogP contribution >= 0.6 is 45.3 Å². The fourth-order valence-electron chi connectivity index (χ4n) is 3.73. The van der Waals surface area contributed by atoms with Crippen molar-refractivity contribution in [3.63, 3.8) is 0 Å². The molecule has 0 saturated carbocycles. The van der Waals surface area contributed by atoms with Crippen molar-refractivity contribution in [2.75, 3.05) is 0 Å². The van der Waals surface area contributed by atoms with E-state index in [-0.39, 0.29) is 0 Å². The molecule has 6 rings (SSSR count). The number of benzene rings is 2. The van der Waals surface area contributed by atoms with Gasteiger partial charge in [0.15, 0.2) is 0 Å². The van der Waals surface area contributed by atoms with Crippen molar-refractivity contribution in [3.05, 3.63) is 74.6 Å². The lowest BCUT2D eigenvalue weighted by atomic mass is 10.1. The van der Waals surface area contributed by atoms with E-state index in [4.69, 9.17) is 6.57 Å². The average molecular weight is 455 g/mol. The molecule has 0 saturated heterocycles. The summed E-state index contributed by atoms with van der Waals surface area (Å²) >= 11 is 6.65. The van der Waals surface area contributed by atoms with Gasteiger partial charge in [0.1, 0.15) is 10.9 Å². The van der Waals surface area contributed by atoms with Crippen molar-refractivity contribution < 1.29 is 0 Å². The molecule has 6 heteroatoms. The molecule has 0 fully saturated rings. The van der Waals surface area contributed by atoms with Crippen LogP contribution < -0.4 is 0 Å². The first-order valence-electron chi connectivity index (χ1n) is 9.10. The van der Waals surface area contributed by atoms with E-state index in [1.54, 1.807) is 45.3 Å². The second-order valence-electron chi connectivity index (χ2n) is 6.83. The normalized spacial score (nSPS) is 11.8. The van der Waals surface area contributed by atoms with E-state index in [1.807, 2.05) is 12.1 Å². The maximum atomic E-state index is 9.21. The zero-order valence-electron chi connectivity index (χ0n) is 15.3. The molecule has 4 aromatic heterocycles. The molecule has 0 radical (unpaired) electrons. The molecule has 4 heterocycles. The predicted octanol–water partition coefficient (Wildman–Crippen LogP) is 9.14. The minimum atomic E-state index is 0.741. The zero-order valence-corrected chi connectivity index (χ0v) is 18.6. The fraction of sp³-hybridized carbons (Fsp3) is 0. The first-order chi connectivity index (χ1) is 14.7. The second kappa shape index (κ2) is 6.77. The van der Waals surface area contributed by atoms with E-state index in [0.29, 0.717) is 0 Å². The Morgan fingerprint density at radius 3 is 1.77 bits per heavy atom. The number of rotatable bonds is 2. The zero-order chi connectivity index (χ0) is 20.2. The molecule has 0 aliphatic heterocycles. The minimum Gasteiger partial charge on any atom is -0.227 e. The monoisotopic (exact) mass is 454 g/mol. The SMILES string of the molecule is [C-]#[N+]c1cc2c(ccc3sc(C=Cc4cc5c(ccc6sc(C#N)cc65)s4)cc32)s1. The van der Waals surface area contributed by atoms with Gasteiger partial charge in [0.25, 0.3) is 0 Å². The molecule has 0 aliphatic rings. The van der Waals surface area contributed by atoms with Gasteiger partial charge in [0.05, 0.1) is 6.57 Å². The molecule has 2 nitrogen and oxygen atoms in total. The summed E-state index contributed by atoms with van der Waals surface area (Å²) in [5.74, 6) is 0. The Kier molecular flexibility index (Phi) is 4.02. The molecule has 0 amide bonds. The summed E-state index contributed by atoms with van der Waals surface area (Å²) in [6.07, 6.45) is 4.35. The van der Waals surface area contributed by atoms with Crippen LogP contribution in [-0.2, 0) is 0 Å². The van der Waals surface area contributed by atoms with Crippen molar-refractivity contribution >= 4 is 103 Å². The Morgan fingerprint density at radius 2 is 1.20 bits per heavy atom. The topological polar surface area (TPSA) is 28.1 Å². The number of fused-ring (bicyclic) bond motifs is 6. The third kappa shape index (κ3) is 2.78. The lowest BCUT2D eigenvalue weighted by Crippen LogP contribution is -1.64. The highest BCUT2D eigenvalue weighted by Crippen LogP contribution is 2.40. The van der Waals surface area contributed by atoms with Gasteiger partial charge in [0.2, 0.25) is 5.00 Å². The van der Waals surface area contributed by atoms with Crippen LogP contribution in [0.3, 0.4) is 0 Å². The van der Waals surface area contributed by atoms with E-state index in [1.165, 1.54) is 45.4 Å². The lowest BCUT2D eigenvalue weighted by Gasteiger charge is -1.90. The quantitative estimate of drug-likeness (QED) is 0.240. The molecule has 6 aromatic rings. The van der Waals surface area contributed by atoms with Crippen molar-refractivity contribution in [1.29, 1.82) is 5.26 Å². The second-order valence-corrected chi connectivity index (χ2v) is 11.2. The van der Waals surface area contributed by atoms with Gasteiger partial charge >= 0.3 is 0 Å². The van der Waals surface area contributed by atoms with Crippen LogP contribution in [0.25, 0.3) is 57.3 Å². The third-order valence-electron chi connectivity index (χ3n) is 5.05. The van der Waals surface area contributed by atoms with Crippen LogP contribution in [-0.4, -0.2) is 0 Å². The first kappa shape index (κ1) is 17.8. The molecule has 0 bridgehead atoms. The number of hydrogen-bond acceptors (Lipinski definition) is 5. The summed E-state index contributed by atoms with van der Waals surface area (Å²) in [4.78, 5) is 6.76. The predicted molar refractivity (Wildman–Crippen MR) is 134 cm³/mol. The van der Waals surface area contributed by atoms with Crippen LogP contribution in [0.4, 0.5) is 5.00 Å². The van der Waals surface area contributed by atoms with E-state index < -0.39 is 0 Å². The van der Waals surface area contributed by atoms with Gasteiger partial charge in [-0.25, -0.2) is 4.85 Å². The molecule has 0 atom stereocenters. The number of hydrogen-bond donors (Lipinski definition) is 0. The van der Waals surface area contributed by atoms with Crippen LogP contribution in [0.5, 0.6) is 0 Å². The van der Waals surface area contributed by atoms with Crippen molar-refractivity contribution in [2.45, 2.75) is 0 Å². The maximum Gasteiger partial charge on any atom is 0.242 e. The third-order valence-corrected chi connectivity index (χ3v) is 9.18. The minimum absolute atomic E-state index is 0.741. The maximum absolute atomic E-state index is 9.21. The van der Waals surface area contributed by atoms with E-state index in [2.05, 4.69) is 59.5 Å². The fourth-order valence-corrected chi connectivity index (χ4v) is 7.43. The largest absolute Gasteiger partial charge is 0.242 e. The highest BCUT2D eigenvalue weighted by atomic mass is 32.1. The van der Waals surface area contributed by atoms with Crippen LogP contribution in [0.15, 0.2) is 48.5 Å². The average Bonchev–Trinajstić information content (AvgIpc) is 3.53. The Hall–Kier alpha value is -3.00. The smallest absolute Gasteiger partial charge is 0.227 e. The molecule has 0 unspecified atom stereocenters. The summed E-state index contributed by atoms with van der Waals surface area (Å²) in [7, 11) is 0. The van der Waals surface area contributed by atoms with Crippen LogP contribution in [0.2, 0.25) is 0 Å². The van der Waals surface area contributed by atoms with Gasteiger partial charge in [-0.2, -0.15) is 16.6 Å². The van der Waals surface area contributed by atoms with Gasteiger partial charge < -0.3 is 0 Å². The molecule has 30 heavy (non-hydrogen) atoms. The van der Waals surface area contributed by atoms with Crippen LogP contribution in [0.1, 0.15) is 14.6 Å². The standard InChI is InChI=1S/C24H10N2S4/c1-26-24-11-19-17-9-14(28-21(17)6-7-23(19)30-24)3-2-13-8-16-18-10-15(12-25)29-22(18)5-4-20(16)27-13/h2-11H.